The molecule has 0 unspecified atom stereocenters. The zero-order valence-electron chi connectivity index (χ0n) is 16.5. The van der Waals surface area contributed by atoms with Gasteiger partial charge in [0.1, 0.15) is 11.6 Å². The summed E-state index contributed by atoms with van der Waals surface area (Å²) >= 11 is 0. The molecule has 2 aromatic carbocycles. The molecule has 0 spiro atoms. The first-order chi connectivity index (χ1) is 13.5. The topological polar surface area (TPSA) is 59.4 Å². The van der Waals surface area contributed by atoms with Crippen LogP contribution in [0.3, 0.4) is 0 Å². The first kappa shape index (κ1) is 19.7. The highest BCUT2D eigenvalue weighted by atomic mass is 16.1. The van der Waals surface area contributed by atoms with Crippen LogP contribution in [0.1, 0.15) is 16.7 Å². The Morgan fingerprint density at radius 1 is 1.14 bits per heavy atom. The number of aryl methyl sites for hydroxylation is 1. The summed E-state index contributed by atoms with van der Waals surface area (Å²) in [6.07, 6.45) is 1.64. The largest absolute Gasteiger partial charge is 0.369 e. The number of likely N-dealkylation sites (N-methyl/N-ethyl adjacent to an activating group) is 1. The number of carbonyl (C=O) groups excluding carboxylic acids is 1. The third-order valence-electron chi connectivity index (χ3n) is 4.97. The lowest BCUT2D eigenvalue weighted by molar-refractivity contribution is -0.117. The lowest BCUT2D eigenvalue weighted by Crippen LogP contribution is -2.44. The standard InChI is InChI=1S/C23H26N4O/c1-18-4-3-5-20(14-18)17-25-23(28)21(16-24)15-19-6-8-22(9-7-19)27-12-10-26(2)11-13-27/h3-9,14-15H,10-13,17H2,1-2H3,(H,25,28)/b21-15+. The Morgan fingerprint density at radius 2 is 1.86 bits per heavy atom. The summed E-state index contributed by atoms with van der Waals surface area (Å²) in [4.78, 5) is 17.0. The number of hydrogen-bond acceptors (Lipinski definition) is 4. The highest BCUT2D eigenvalue weighted by Crippen LogP contribution is 2.18. The number of anilines is 1. The van der Waals surface area contributed by atoms with Gasteiger partial charge in [-0.15, -0.1) is 0 Å². The molecule has 1 saturated heterocycles. The van der Waals surface area contributed by atoms with Crippen LogP contribution in [0.2, 0.25) is 0 Å². The van der Waals surface area contributed by atoms with E-state index in [1.165, 1.54) is 5.69 Å². The molecule has 0 atom stereocenters. The smallest absolute Gasteiger partial charge is 0.262 e. The number of rotatable bonds is 5. The van der Waals surface area contributed by atoms with E-state index in [-0.39, 0.29) is 11.5 Å². The number of amides is 1. The predicted octanol–water partition coefficient (Wildman–Crippen LogP) is 2.97. The maximum atomic E-state index is 12.4. The lowest BCUT2D eigenvalue weighted by Gasteiger charge is -2.34. The minimum Gasteiger partial charge on any atom is -0.369 e. The van der Waals surface area contributed by atoms with Crippen molar-refractivity contribution in [1.82, 2.24) is 10.2 Å². The van der Waals surface area contributed by atoms with E-state index >= 15 is 0 Å². The van der Waals surface area contributed by atoms with Gasteiger partial charge in [-0.1, -0.05) is 42.0 Å². The van der Waals surface area contributed by atoms with Gasteiger partial charge in [0.05, 0.1) is 0 Å². The van der Waals surface area contributed by atoms with Crippen molar-refractivity contribution in [3.05, 3.63) is 70.8 Å². The molecule has 3 rings (SSSR count). The van der Waals surface area contributed by atoms with Crippen molar-refractivity contribution in [2.45, 2.75) is 13.5 Å². The van der Waals surface area contributed by atoms with Gasteiger partial charge < -0.3 is 15.1 Å². The van der Waals surface area contributed by atoms with E-state index in [0.29, 0.717) is 6.54 Å². The Balaban J connectivity index is 1.63. The number of piperazine rings is 1. The van der Waals surface area contributed by atoms with E-state index in [9.17, 15) is 10.1 Å². The summed E-state index contributed by atoms with van der Waals surface area (Å²) in [5.74, 6) is -0.354. The Hall–Kier alpha value is -3.10. The van der Waals surface area contributed by atoms with E-state index in [4.69, 9.17) is 0 Å². The predicted molar refractivity (Wildman–Crippen MR) is 113 cm³/mol. The summed E-state index contributed by atoms with van der Waals surface area (Å²) in [6.45, 7) is 6.55. The van der Waals surface area contributed by atoms with Crippen molar-refractivity contribution < 1.29 is 4.79 Å². The molecule has 1 N–H and O–H groups in total. The Labute approximate surface area is 166 Å². The van der Waals surface area contributed by atoms with E-state index in [2.05, 4.69) is 34.3 Å². The van der Waals surface area contributed by atoms with Gasteiger partial charge in [0.2, 0.25) is 0 Å². The summed E-state index contributed by atoms with van der Waals surface area (Å²) in [5.41, 5.74) is 4.29. The number of hydrogen-bond donors (Lipinski definition) is 1. The zero-order valence-corrected chi connectivity index (χ0v) is 16.5. The molecule has 144 valence electrons. The van der Waals surface area contributed by atoms with E-state index in [1.54, 1.807) is 6.08 Å². The first-order valence-corrected chi connectivity index (χ1v) is 9.54. The molecule has 1 aliphatic rings. The van der Waals surface area contributed by atoms with Crippen LogP contribution in [-0.4, -0.2) is 44.0 Å². The molecule has 1 fully saturated rings. The van der Waals surface area contributed by atoms with Crippen molar-refractivity contribution in [3.8, 4) is 6.07 Å². The molecular weight excluding hydrogens is 348 g/mol. The quantitative estimate of drug-likeness (QED) is 0.646. The molecule has 0 bridgehead atoms. The van der Waals surface area contributed by atoms with Crippen molar-refractivity contribution in [2.24, 2.45) is 0 Å². The van der Waals surface area contributed by atoms with Gasteiger partial charge in [0, 0.05) is 38.4 Å². The van der Waals surface area contributed by atoms with Crippen molar-refractivity contribution in [2.75, 3.05) is 38.1 Å². The van der Waals surface area contributed by atoms with Crippen LogP contribution in [0.4, 0.5) is 5.69 Å². The van der Waals surface area contributed by atoms with Gasteiger partial charge in [-0.05, 0) is 43.3 Å². The number of benzene rings is 2. The molecular formula is C23H26N4O. The summed E-state index contributed by atoms with van der Waals surface area (Å²) in [6, 6.07) is 18.0. The van der Waals surface area contributed by atoms with Crippen LogP contribution in [-0.2, 0) is 11.3 Å². The fourth-order valence-electron chi connectivity index (χ4n) is 3.26. The SMILES string of the molecule is Cc1cccc(CNC(=O)/C(C#N)=C/c2ccc(N3CCN(C)CC3)cc2)c1. The number of nitriles is 1. The van der Waals surface area contributed by atoms with E-state index in [1.807, 2.05) is 49.4 Å². The Kier molecular flexibility index (Phi) is 6.46. The third-order valence-corrected chi connectivity index (χ3v) is 4.97. The monoisotopic (exact) mass is 374 g/mol. The molecule has 5 heteroatoms. The third kappa shape index (κ3) is 5.21. The molecule has 1 aliphatic heterocycles. The fourth-order valence-corrected chi connectivity index (χ4v) is 3.26. The fraction of sp³-hybridized carbons (Fsp3) is 0.304. The maximum Gasteiger partial charge on any atom is 0.262 e. The van der Waals surface area contributed by atoms with Crippen LogP contribution in [0.15, 0.2) is 54.1 Å². The molecule has 1 amide bonds. The summed E-state index contributed by atoms with van der Waals surface area (Å²) < 4.78 is 0. The highest BCUT2D eigenvalue weighted by Gasteiger charge is 2.14. The Morgan fingerprint density at radius 3 is 2.50 bits per heavy atom. The molecule has 0 aliphatic carbocycles. The van der Waals surface area contributed by atoms with Gasteiger partial charge in [-0.2, -0.15) is 5.26 Å². The van der Waals surface area contributed by atoms with Gasteiger partial charge >= 0.3 is 0 Å². The molecule has 5 nitrogen and oxygen atoms in total. The van der Waals surface area contributed by atoms with E-state index in [0.717, 1.165) is 42.9 Å². The van der Waals surface area contributed by atoms with Crippen molar-refractivity contribution >= 4 is 17.7 Å². The van der Waals surface area contributed by atoms with Crippen LogP contribution < -0.4 is 10.2 Å². The van der Waals surface area contributed by atoms with Crippen molar-refractivity contribution in [3.63, 3.8) is 0 Å². The zero-order chi connectivity index (χ0) is 19.9. The first-order valence-electron chi connectivity index (χ1n) is 9.54. The maximum absolute atomic E-state index is 12.4. The van der Waals surface area contributed by atoms with Crippen molar-refractivity contribution in [1.29, 1.82) is 5.26 Å². The van der Waals surface area contributed by atoms with Gasteiger partial charge in [0.25, 0.3) is 5.91 Å². The summed E-state index contributed by atoms with van der Waals surface area (Å²) in [7, 11) is 2.14. The van der Waals surface area contributed by atoms with E-state index < -0.39 is 0 Å². The molecule has 2 aromatic rings. The number of nitrogens with zero attached hydrogens (tertiary/aromatic N) is 3. The second-order valence-corrected chi connectivity index (χ2v) is 7.22. The second-order valence-electron chi connectivity index (χ2n) is 7.22. The molecule has 0 radical (unpaired) electrons. The van der Waals surface area contributed by atoms with Crippen LogP contribution in [0, 0.1) is 18.3 Å². The number of carbonyl (C=O) groups is 1. The molecule has 0 saturated carbocycles. The average Bonchev–Trinajstić information content (AvgIpc) is 2.71. The lowest BCUT2D eigenvalue weighted by atomic mass is 10.1. The number of nitrogens with one attached hydrogen (secondary N) is 1. The van der Waals surface area contributed by atoms with Crippen LogP contribution >= 0.6 is 0 Å². The second kappa shape index (κ2) is 9.20. The van der Waals surface area contributed by atoms with Crippen LogP contribution in [0.5, 0.6) is 0 Å². The molecule has 1 heterocycles. The van der Waals surface area contributed by atoms with Gasteiger partial charge in [0.15, 0.2) is 0 Å². The molecule has 28 heavy (non-hydrogen) atoms. The van der Waals surface area contributed by atoms with Gasteiger partial charge in [-0.3, -0.25) is 4.79 Å². The van der Waals surface area contributed by atoms with Gasteiger partial charge in [-0.25, -0.2) is 0 Å². The summed E-state index contributed by atoms with van der Waals surface area (Å²) in [5, 5.41) is 12.2. The minimum absolute atomic E-state index is 0.111. The van der Waals surface area contributed by atoms with Crippen LogP contribution in [0.25, 0.3) is 6.08 Å². The molecule has 0 aromatic heterocycles. The minimum atomic E-state index is -0.354. The normalized spacial score (nSPS) is 15.2. The highest BCUT2D eigenvalue weighted by molar-refractivity contribution is 6.01. The Bertz CT molecular complexity index is 888. The average molecular weight is 374 g/mol.